The molecule has 0 spiro atoms. The molecule has 0 bridgehead atoms. The van der Waals surface area contributed by atoms with Gasteiger partial charge in [-0.05, 0) is 19.8 Å². The standard InChI is InChI=1S/C10H16O4/c1-8(11)7-9(12)5-3-2-4-6-10(13)14/h2-7H2,1H3,(H,13,14). The topological polar surface area (TPSA) is 71.4 Å². The molecule has 0 aromatic heterocycles. The highest BCUT2D eigenvalue weighted by Gasteiger charge is 2.04. The summed E-state index contributed by atoms with van der Waals surface area (Å²) < 4.78 is 0. The second-order valence-electron chi connectivity index (χ2n) is 3.37. The minimum Gasteiger partial charge on any atom is -0.481 e. The maximum atomic E-state index is 11.0. The van der Waals surface area contributed by atoms with Gasteiger partial charge in [-0.25, -0.2) is 0 Å². The van der Waals surface area contributed by atoms with Gasteiger partial charge in [-0.1, -0.05) is 6.42 Å². The molecule has 0 atom stereocenters. The Morgan fingerprint density at radius 1 is 1.00 bits per heavy atom. The number of rotatable bonds is 8. The van der Waals surface area contributed by atoms with Gasteiger partial charge in [-0.2, -0.15) is 0 Å². The van der Waals surface area contributed by atoms with Crippen molar-refractivity contribution in [1.29, 1.82) is 0 Å². The summed E-state index contributed by atoms with van der Waals surface area (Å²) >= 11 is 0. The average Bonchev–Trinajstić information content (AvgIpc) is 2.01. The zero-order chi connectivity index (χ0) is 11.0. The molecule has 4 heteroatoms. The Hall–Kier alpha value is -1.19. The van der Waals surface area contributed by atoms with Gasteiger partial charge >= 0.3 is 5.97 Å². The molecule has 0 aromatic carbocycles. The van der Waals surface area contributed by atoms with Crippen LogP contribution in [-0.4, -0.2) is 22.6 Å². The summed E-state index contributed by atoms with van der Waals surface area (Å²) in [5.41, 5.74) is 0. The molecule has 0 aromatic rings. The summed E-state index contributed by atoms with van der Waals surface area (Å²) in [4.78, 5) is 31.7. The fourth-order valence-electron chi connectivity index (χ4n) is 1.14. The van der Waals surface area contributed by atoms with Crippen LogP contribution in [-0.2, 0) is 14.4 Å². The molecule has 0 aliphatic rings. The van der Waals surface area contributed by atoms with Crippen LogP contribution in [0.25, 0.3) is 0 Å². The minimum absolute atomic E-state index is 0.0128. The van der Waals surface area contributed by atoms with Crippen molar-refractivity contribution < 1.29 is 19.5 Å². The number of hydrogen-bond acceptors (Lipinski definition) is 3. The predicted octanol–water partition coefficient (Wildman–Crippen LogP) is 1.57. The molecule has 80 valence electrons. The molecule has 14 heavy (non-hydrogen) atoms. The lowest BCUT2D eigenvalue weighted by molar-refractivity contribution is -0.137. The van der Waals surface area contributed by atoms with Crippen LogP contribution in [0, 0.1) is 0 Å². The highest BCUT2D eigenvalue weighted by molar-refractivity contribution is 5.97. The Morgan fingerprint density at radius 2 is 1.57 bits per heavy atom. The van der Waals surface area contributed by atoms with Crippen LogP contribution >= 0.6 is 0 Å². The molecule has 0 radical (unpaired) electrons. The molecular formula is C10H16O4. The predicted molar refractivity (Wildman–Crippen MR) is 51.0 cm³/mol. The van der Waals surface area contributed by atoms with Crippen molar-refractivity contribution in [3.63, 3.8) is 0 Å². The Bertz CT molecular complexity index is 220. The summed E-state index contributed by atoms with van der Waals surface area (Å²) in [6.07, 6.45) is 2.57. The number of carboxylic acids is 1. The number of ketones is 2. The molecule has 0 rings (SSSR count). The maximum absolute atomic E-state index is 11.0. The zero-order valence-corrected chi connectivity index (χ0v) is 8.41. The van der Waals surface area contributed by atoms with Gasteiger partial charge < -0.3 is 5.11 Å². The summed E-state index contributed by atoms with van der Waals surface area (Å²) in [5, 5.41) is 8.33. The third-order valence-electron chi connectivity index (χ3n) is 1.79. The van der Waals surface area contributed by atoms with E-state index in [1.807, 2.05) is 0 Å². The van der Waals surface area contributed by atoms with Crippen LogP contribution in [0.5, 0.6) is 0 Å². The van der Waals surface area contributed by atoms with Gasteiger partial charge in [0.25, 0.3) is 0 Å². The Morgan fingerprint density at radius 3 is 2.07 bits per heavy atom. The Kier molecular flexibility index (Phi) is 6.62. The molecule has 0 amide bonds. The Balaban J connectivity index is 3.32. The summed E-state index contributed by atoms with van der Waals surface area (Å²) in [5.74, 6) is -0.964. The molecule has 0 heterocycles. The largest absolute Gasteiger partial charge is 0.481 e. The second kappa shape index (κ2) is 7.24. The first-order chi connectivity index (χ1) is 6.52. The van der Waals surface area contributed by atoms with Gasteiger partial charge in [-0.3, -0.25) is 14.4 Å². The molecule has 0 unspecified atom stereocenters. The van der Waals surface area contributed by atoms with E-state index in [9.17, 15) is 14.4 Å². The molecule has 0 saturated heterocycles. The van der Waals surface area contributed by atoms with E-state index in [4.69, 9.17) is 5.11 Å². The van der Waals surface area contributed by atoms with E-state index in [-0.39, 0.29) is 24.4 Å². The minimum atomic E-state index is -0.805. The van der Waals surface area contributed by atoms with Crippen molar-refractivity contribution in [1.82, 2.24) is 0 Å². The number of unbranched alkanes of at least 4 members (excludes halogenated alkanes) is 2. The van der Waals surface area contributed by atoms with Gasteiger partial charge in [0.2, 0.25) is 0 Å². The van der Waals surface area contributed by atoms with E-state index in [0.29, 0.717) is 19.3 Å². The van der Waals surface area contributed by atoms with Gasteiger partial charge in [0, 0.05) is 12.8 Å². The first-order valence-electron chi connectivity index (χ1n) is 4.75. The average molecular weight is 200 g/mol. The maximum Gasteiger partial charge on any atom is 0.303 e. The van der Waals surface area contributed by atoms with Gasteiger partial charge in [0.05, 0.1) is 6.42 Å². The highest BCUT2D eigenvalue weighted by Crippen LogP contribution is 2.05. The fraction of sp³-hybridized carbons (Fsp3) is 0.700. The molecule has 0 aliphatic heterocycles. The normalized spacial score (nSPS) is 9.79. The lowest BCUT2D eigenvalue weighted by Crippen LogP contribution is -2.04. The lowest BCUT2D eigenvalue weighted by Gasteiger charge is -1.98. The number of carboxylic acid groups (broad SMARTS) is 1. The van der Waals surface area contributed by atoms with Gasteiger partial charge in [0.15, 0.2) is 0 Å². The number of hydrogen-bond donors (Lipinski definition) is 1. The molecule has 0 aliphatic carbocycles. The van der Waals surface area contributed by atoms with E-state index in [2.05, 4.69) is 0 Å². The molecule has 0 saturated carbocycles. The van der Waals surface area contributed by atoms with Crippen molar-refractivity contribution in [2.75, 3.05) is 0 Å². The summed E-state index contributed by atoms with van der Waals surface area (Å²) in [6, 6.07) is 0. The number of carbonyl (C=O) groups excluding carboxylic acids is 2. The van der Waals surface area contributed by atoms with Crippen LogP contribution in [0.2, 0.25) is 0 Å². The summed E-state index contributed by atoms with van der Waals surface area (Å²) in [7, 11) is 0. The molecule has 0 fully saturated rings. The highest BCUT2D eigenvalue weighted by atomic mass is 16.4. The monoisotopic (exact) mass is 200 g/mol. The van der Waals surface area contributed by atoms with Crippen molar-refractivity contribution in [3.05, 3.63) is 0 Å². The van der Waals surface area contributed by atoms with Crippen molar-refractivity contribution >= 4 is 17.5 Å². The SMILES string of the molecule is CC(=O)CC(=O)CCCCCC(=O)O. The second-order valence-corrected chi connectivity index (χ2v) is 3.37. The number of aliphatic carboxylic acids is 1. The van der Waals surface area contributed by atoms with E-state index < -0.39 is 5.97 Å². The van der Waals surface area contributed by atoms with Crippen molar-refractivity contribution in [2.24, 2.45) is 0 Å². The fourth-order valence-corrected chi connectivity index (χ4v) is 1.14. The molecule has 4 nitrogen and oxygen atoms in total. The van der Waals surface area contributed by atoms with Gasteiger partial charge in [-0.15, -0.1) is 0 Å². The third kappa shape index (κ3) is 8.90. The van der Waals surface area contributed by atoms with Crippen LogP contribution in [0.1, 0.15) is 45.4 Å². The van der Waals surface area contributed by atoms with Crippen molar-refractivity contribution in [3.8, 4) is 0 Å². The van der Waals surface area contributed by atoms with Crippen LogP contribution in [0.3, 0.4) is 0 Å². The number of Topliss-reactive ketones (excluding diaryl/α,β-unsaturated/α-hetero) is 2. The van der Waals surface area contributed by atoms with E-state index in [1.54, 1.807) is 0 Å². The third-order valence-corrected chi connectivity index (χ3v) is 1.79. The molecule has 1 N–H and O–H groups in total. The first-order valence-corrected chi connectivity index (χ1v) is 4.75. The van der Waals surface area contributed by atoms with E-state index >= 15 is 0 Å². The van der Waals surface area contributed by atoms with Crippen LogP contribution in [0.15, 0.2) is 0 Å². The quantitative estimate of drug-likeness (QED) is 0.477. The first kappa shape index (κ1) is 12.8. The van der Waals surface area contributed by atoms with E-state index in [0.717, 1.165) is 6.42 Å². The van der Waals surface area contributed by atoms with Crippen molar-refractivity contribution in [2.45, 2.75) is 45.4 Å². The molecular weight excluding hydrogens is 184 g/mol. The summed E-state index contributed by atoms with van der Waals surface area (Å²) in [6.45, 7) is 1.39. The van der Waals surface area contributed by atoms with Crippen LogP contribution < -0.4 is 0 Å². The smallest absolute Gasteiger partial charge is 0.303 e. The lowest BCUT2D eigenvalue weighted by atomic mass is 10.1. The van der Waals surface area contributed by atoms with Gasteiger partial charge in [0.1, 0.15) is 11.6 Å². The zero-order valence-electron chi connectivity index (χ0n) is 8.41. The number of carbonyl (C=O) groups is 3. The van der Waals surface area contributed by atoms with Crippen LogP contribution in [0.4, 0.5) is 0 Å². The Labute approximate surface area is 83.3 Å². The van der Waals surface area contributed by atoms with E-state index in [1.165, 1.54) is 6.92 Å².